The van der Waals surface area contributed by atoms with Crippen LogP contribution in [0.15, 0.2) is 30.3 Å². The van der Waals surface area contributed by atoms with Gasteiger partial charge in [0, 0.05) is 18.4 Å². The summed E-state index contributed by atoms with van der Waals surface area (Å²) in [7, 11) is 0. The lowest BCUT2D eigenvalue weighted by Gasteiger charge is -2.15. The van der Waals surface area contributed by atoms with Gasteiger partial charge in [-0.1, -0.05) is 44.2 Å². The zero-order valence-corrected chi connectivity index (χ0v) is 12.3. The van der Waals surface area contributed by atoms with Crippen LogP contribution in [0.4, 0.5) is 0 Å². The number of ketones is 2. The lowest BCUT2D eigenvalue weighted by molar-refractivity contribution is -0.122. The second-order valence-corrected chi connectivity index (χ2v) is 5.44. The monoisotopic (exact) mass is 270 g/mol. The Bertz CT molecular complexity index is 480. The summed E-state index contributed by atoms with van der Waals surface area (Å²) in [4.78, 5) is 24.8. The van der Waals surface area contributed by atoms with Crippen molar-refractivity contribution in [3.05, 3.63) is 35.9 Å². The predicted molar refractivity (Wildman–Crippen MR) is 81.4 cm³/mol. The highest BCUT2D eigenvalue weighted by Gasteiger charge is 2.26. The Labute approximate surface area is 121 Å². The van der Waals surface area contributed by atoms with E-state index in [9.17, 15) is 9.59 Å². The third-order valence-corrected chi connectivity index (χ3v) is 3.19. The molecule has 0 saturated heterocycles. The highest BCUT2D eigenvalue weighted by atomic mass is 16.1. The van der Waals surface area contributed by atoms with Crippen LogP contribution in [-0.4, -0.2) is 11.6 Å². The Morgan fingerprint density at radius 1 is 1.20 bits per heavy atom. The zero-order chi connectivity index (χ0) is 15.0. The maximum Gasteiger partial charge on any atom is 0.173 e. The van der Waals surface area contributed by atoms with E-state index >= 15 is 0 Å². The van der Waals surface area contributed by atoms with E-state index in [-0.39, 0.29) is 17.5 Å². The number of benzene rings is 1. The van der Waals surface area contributed by atoms with Crippen molar-refractivity contribution in [2.24, 2.45) is 11.8 Å². The van der Waals surface area contributed by atoms with Crippen LogP contribution in [0.1, 0.15) is 49.9 Å². The number of hydrogen-bond acceptors (Lipinski definition) is 2. The van der Waals surface area contributed by atoms with Crippen LogP contribution in [0.5, 0.6) is 0 Å². The summed E-state index contributed by atoms with van der Waals surface area (Å²) < 4.78 is 0. The summed E-state index contributed by atoms with van der Waals surface area (Å²) in [6, 6.07) is 9.02. The molecule has 1 atom stereocenters. The first-order valence-corrected chi connectivity index (χ1v) is 7.11. The molecule has 1 aromatic rings. The standard InChI is InChI=1S/C18H22O2/c1-4-5-7-12-16(17(19)13-14(2)3)18(20)15-10-8-6-9-11-15/h1,6,8-11,14,16H,5,7,12-13H2,2-3H3. The molecule has 0 heterocycles. The molecule has 1 unspecified atom stereocenters. The minimum absolute atomic E-state index is 0.0332. The number of Topliss-reactive ketones (excluding diaryl/α,β-unsaturated/α-hetero) is 2. The molecular formula is C18H22O2. The normalized spacial score (nSPS) is 11.9. The second-order valence-electron chi connectivity index (χ2n) is 5.44. The fourth-order valence-corrected chi connectivity index (χ4v) is 2.19. The van der Waals surface area contributed by atoms with Gasteiger partial charge in [0.2, 0.25) is 0 Å². The molecule has 0 aromatic heterocycles. The van der Waals surface area contributed by atoms with E-state index in [1.54, 1.807) is 12.1 Å². The summed E-state index contributed by atoms with van der Waals surface area (Å²) in [5.74, 6) is 2.23. The summed E-state index contributed by atoms with van der Waals surface area (Å²) in [6.45, 7) is 3.98. The van der Waals surface area contributed by atoms with Gasteiger partial charge in [-0.25, -0.2) is 0 Å². The lowest BCUT2D eigenvalue weighted by Crippen LogP contribution is -2.25. The van der Waals surface area contributed by atoms with Crippen molar-refractivity contribution in [1.29, 1.82) is 0 Å². The van der Waals surface area contributed by atoms with Gasteiger partial charge >= 0.3 is 0 Å². The lowest BCUT2D eigenvalue weighted by atomic mass is 9.86. The van der Waals surface area contributed by atoms with E-state index in [4.69, 9.17) is 6.42 Å². The van der Waals surface area contributed by atoms with Gasteiger partial charge < -0.3 is 0 Å². The van der Waals surface area contributed by atoms with Crippen LogP contribution in [0.2, 0.25) is 0 Å². The third-order valence-electron chi connectivity index (χ3n) is 3.19. The van der Waals surface area contributed by atoms with Crippen molar-refractivity contribution in [3.63, 3.8) is 0 Å². The molecule has 1 aromatic carbocycles. The molecule has 1 rings (SSSR count). The topological polar surface area (TPSA) is 34.1 Å². The molecule has 0 fully saturated rings. The van der Waals surface area contributed by atoms with Crippen LogP contribution in [0, 0.1) is 24.2 Å². The van der Waals surface area contributed by atoms with Gasteiger partial charge in [0.15, 0.2) is 5.78 Å². The maximum absolute atomic E-state index is 12.5. The molecule has 0 spiro atoms. The van der Waals surface area contributed by atoms with Gasteiger partial charge in [0.25, 0.3) is 0 Å². The Kier molecular flexibility index (Phi) is 6.73. The molecule has 0 saturated carbocycles. The van der Waals surface area contributed by atoms with E-state index in [1.165, 1.54) is 0 Å². The van der Waals surface area contributed by atoms with Crippen molar-refractivity contribution >= 4 is 11.6 Å². The summed E-state index contributed by atoms with van der Waals surface area (Å²) >= 11 is 0. The average molecular weight is 270 g/mol. The molecular weight excluding hydrogens is 248 g/mol. The van der Waals surface area contributed by atoms with Gasteiger partial charge in [0.1, 0.15) is 5.78 Å². The smallest absolute Gasteiger partial charge is 0.173 e. The van der Waals surface area contributed by atoms with Crippen molar-refractivity contribution in [3.8, 4) is 12.3 Å². The average Bonchev–Trinajstić information content (AvgIpc) is 2.43. The molecule has 0 radical (unpaired) electrons. The predicted octanol–water partition coefficient (Wildman–Crippen LogP) is 3.90. The van der Waals surface area contributed by atoms with Crippen molar-refractivity contribution in [2.75, 3.05) is 0 Å². The largest absolute Gasteiger partial charge is 0.299 e. The third kappa shape index (κ3) is 5.01. The van der Waals surface area contributed by atoms with E-state index in [0.717, 1.165) is 0 Å². The first kappa shape index (κ1) is 16.2. The van der Waals surface area contributed by atoms with Crippen LogP contribution in [0.25, 0.3) is 0 Å². The van der Waals surface area contributed by atoms with Crippen LogP contribution < -0.4 is 0 Å². The second kappa shape index (κ2) is 8.32. The van der Waals surface area contributed by atoms with Crippen molar-refractivity contribution in [1.82, 2.24) is 0 Å². The first-order valence-electron chi connectivity index (χ1n) is 7.11. The van der Waals surface area contributed by atoms with Gasteiger partial charge in [-0.15, -0.1) is 12.3 Å². The van der Waals surface area contributed by atoms with Crippen molar-refractivity contribution in [2.45, 2.75) is 39.5 Å². The number of rotatable bonds is 8. The summed E-state index contributed by atoms with van der Waals surface area (Å²) in [6.07, 6.45) is 7.54. The molecule has 0 N–H and O–H groups in total. The minimum Gasteiger partial charge on any atom is -0.299 e. The molecule has 20 heavy (non-hydrogen) atoms. The fraction of sp³-hybridized carbons (Fsp3) is 0.444. The van der Waals surface area contributed by atoms with Crippen molar-refractivity contribution < 1.29 is 9.59 Å². The Hall–Kier alpha value is -1.88. The van der Waals surface area contributed by atoms with E-state index < -0.39 is 5.92 Å². The van der Waals surface area contributed by atoms with Crippen LogP contribution in [-0.2, 0) is 4.79 Å². The Morgan fingerprint density at radius 2 is 1.85 bits per heavy atom. The molecule has 0 aliphatic carbocycles. The van der Waals surface area contributed by atoms with E-state index in [1.807, 2.05) is 32.0 Å². The molecule has 0 aliphatic rings. The fourth-order valence-electron chi connectivity index (χ4n) is 2.19. The number of terminal acetylenes is 1. The molecule has 0 aliphatic heterocycles. The summed E-state index contributed by atoms with van der Waals surface area (Å²) in [5, 5.41) is 0. The minimum atomic E-state index is -0.548. The summed E-state index contributed by atoms with van der Waals surface area (Å²) in [5.41, 5.74) is 0.607. The van der Waals surface area contributed by atoms with E-state index in [0.29, 0.717) is 31.2 Å². The van der Waals surface area contributed by atoms with Gasteiger partial charge in [-0.3, -0.25) is 9.59 Å². The molecule has 106 valence electrons. The zero-order valence-electron chi connectivity index (χ0n) is 12.3. The van der Waals surface area contributed by atoms with E-state index in [2.05, 4.69) is 5.92 Å². The van der Waals surface area contributed by atoms with Gasteiger partial charge in [-0.2, -0.15) is 0 Å². The highest BCUT2D eigenvalue weighted by molar-refractivity contribution is 6.10. The molecule has 2 heteroatoms. The highest BCUT2D eigenvalue weighted by Crippen LogP contribution is 2.20. The number of carbonyl (C=O) groups is 2. The molecule has 2 nitrogen and oxygen atoms in total. The SMILES string of the molecule is C#CCCCC(C(=O)CC(C)C)C(=O)c1ccccc1. The number of unbranched alkanes of at least 4 members (excludes halogenated alkanes) is 1. The van der Waals surface area contributed by atoms with Gasteiger partial charge in [-0.05, 0) is 18.8 Å². The first-order chi connectivity index (χ1) is 9.56. The quantitative estimate of drug-likeness (QED) is 0.311. The number of hydrogen-bond donors (Lipinski definition) is 0. The molecule has 0 amide bonds. The van der Waals surface area contributed by atoms with Crippen LogP contribution >= 0.6 is 0 Å². The Morgan fingerprint density at radius 3 is 2.40 bits per heavy atom. The van der Waals surface area contributed by atoms with Gasteiger partial charge in [0.05, 0.1) is 5.92 Å². The number of carbonyl (C=O) groups excluding carboxylic acids is 2. The maximum atomic E-state index is 12.5. The van der Waals surface area contributed by atoms with Crippen LogP contribution in [0.3, 0.4) is 0 Å². The molecule has 0 bridgehead atoms. The Balaban J connectivity index is 2.84.